The van der Waals surface area contributed by atoms with Crippen molar-refractivity contribution in [1.82, 2.24) is 0 Å². The molecular formula is C17H20O2. The van der Waals surface area contributed by atoms with Gasteiger partial charge in [0.1, 0.15) is 0 Å². The first-order valence-corrected chi connectivity index (χ1v) is 6.83. The second-order valence-corrected chi connectivity index (χ2v) is 5.32. The highest BCUT2D eigenvalue weighted by Crippen LogP contribution is 2.39. The first kappa shape index (κ1) is 13.7. The van der Waals surface area contributed by atoms with Crippen LogP contribution in [0, 0.1) is 23.7 Å². The maximum Gasteiger partial charge on any atom is 0.159 e. The largest absolute Gasteiger partial charge is 0.295 e. The Balaban J connectivity index is 2.34. The SMILES string of the molecule is C=CCC1CC=CC(=O)[C@H]1[C@@H]1C(=O)C=CC[C@H]1C=C. The van der Waals surface area contributed by atoms with E-state index in [1.807, 2.05) is 24.3 Å². The standard InChI is InChI=1S/C17H20O2/c1-3-7-13-9-6-11-15(19)17(13)16-12(4-2)8-5-10-14(16)18/h3-6,10-13,16-17H,1-2,7-9H2/t12-,13?,16+,17+/m1/s1. The van der Waals surface area contributed by atoms with Crippen LogP contribution in [0.3, 0.4) is 0 Å². The van der Waals surface area contributed by atoms with Crippen LogP contribution in [-0.2, 0) is 9.59 Å². The summed E-state index contributed by atoms with van der Waals surface area (Å²) >= 11 is 0. The Morgan fingerprint density at radius 1 is 1.05 bits per heavy atom. The van der Waals surface area contributed by atoms with Crippen molar-refractivity contribution in [1.29, 1.82) is 0 Å². The molecule has 0 saturated heterocycles. The van der Waals surface area contributed by atoms with E-state index in [0.717, 1.165) is 19.3 Å². The highest BCUT2D eigenvalue weighted by Gasteiger charge is 2.42. The summed E-state index contributed by atoms with van der Waals surface area (Å²) in [6.07, 6.45) is 13.2. The highest BCUT2D eigenvalue weighted by atomic mass is 16.1. The Hall–Kier alpha value is -1.70. The molecule has 0 bridgehead atoms. The molecule has 2 nitrogen and oxygen atoms in total. The van der Waals surface area contributed by atoms with E-state index >= 15 is 0 Å². The summed E-state index contributed by atoms with van der Waals surface area (Å²) in [5.41, 5.74) is 0. The summed E-state index contributed by atoms with van der Waals surface area (Å²) in [5, 5.41) is 0. The summed E-state index contributed by atoms with van der Waals surface area (Å²) in [5.74, 6) is -0.0472. The maximum atomic E-state index is 12.3. The summed E-state index contributed by atoms with van der Waals surface area (Å²) < 4.78 is 0. The third kappa shape index (κ3) is 2.67. The van der Waals surface area contributed by atoms with Crippen molar-refractivity contribution in [3.8, 4) is 0 Å². The van der Waals surface area contributed by atoms with Crippen LogP contribution in [-0.4, -0.2) is 11.6 Å². The summed E-state index contributed by atoms with van der Waals surface area (Å²) in [6, 6.07) is 0. The molecule has 2 aliphatic rings. The third-order valence-corrected chi connectivity index (χ3v) is 4.20. The van der Waals surface area contributed by atoms with Crippen LogP contribution in [0.15, 0.2) is 49.6 Å². The molecule has 2 rings (SSSR count). The average molecular weight is 256 g/mol. The fourth-order valence-corrected chi connectivity index (χ4v) is 3.27. The Labute approximate surface area is 114 Å². The fourth-order valence-electron chi connectivity index (χ4n) is 3.27. The van der Waals surface area contributed by atoms with Gasteiger partial charge in [-0.2, -0.15) is 0 Å². The minimum atomic E-state index is -0.245. The zero-order chi connectivity index (χ0) is 13.8. The molecule has 2 heteroatoms. The van der Waals surface area contributed by atoms with Crippen LogP contribution in [0.25, 0.3) is 0 Å². The maximum absolute atomic E-state index is 12.3. The lowest BCUT2D eigenvalue weighted by atomic mass is 9.65. The zero-order valence-corrected chi connectivity index (χ0v) is 11.1. The number of carbonyl (C=O) groups excluding carboxylic acids is 2. The van der Waals surface area contributed by atoms with E-state index in [0.29, 0.717) is 0 Å². The lowest BCUT2D eigenvalue weighted by Crippen LogP contribution is -2.40. The van der Waals surface area contributed by atoms with Crippen LogP contribution in [0.5, 0.6) is 0 Å². The molecule has 19 heavy (non-hydrogen) atoms. The van der Waals surface area contributed by atoms with Crippen molar-refractivity contribution in [2.24, 2.45) is 23.7 Å². The molecule has 0 radical (unpaired) electrons. The zero-order valence-electron chi connectivity index (χ0n) is 11.1. The normalized spacial score (nSPS) is 34.3. The fraction of sp³-hybridized carbons (Fsp3) is 0.412. The summed E-state index contributed by atoms with van der Waals surface area (Å²) in [7, 11) is 0. The van der Waals surface area contributed by atoms with Crippen molar-refractivity contribution >= 4 is 11.6 Å². The van der Waals surface area contributed by atoms with Gasteiger partial charge in [-0.1, -0.05) is 24.3 Å². The molecule has 0 N–H and O–H groups in total. The molecule has 0 spiro atoms. The average Bonchev–Trinajstić information content (AvgIpc) is 2.40. The second-order valence-electron chi connectivity index (χ2n) is 5.32. The number of rotatable bonds is 4. The molecule has 0 saturated carbocycles. The number of carbonyl (C=O) groups is 2. The predicted octanol–water partition coefficient (Wildman–Crippen LogP) is 3.27. The van der Waals surface area contributed by atoms with Gasteiger partial charge in [0.05, 0.1) is 0 Å². The molecule has 1 unspecified atom stereocenters. The van der Waals surface area contributed by atoms with Crippen LogP contribution >= 0.6 is 0 Å². The Morgan fingerprint density at radius 2 is 1.68 bits per heavy atom. The molecule has 0 aromatic heterocycles. The van der Waals surface area contributed by atoms with Gasteiger partial charge in [-0.05, 0) is 43.3 Å². The van der Waals surface area contributed by atoms with Gasteiger partial charge in [-0.15, -0.1) is 13.2 Å². The quantitative estimate of drug-likeness (QED) is 0.723. The van der Waals surface area contributed by atoms with Crippen LogP contribution in [0.4, 0.5) is 0 Å². The van der Waals surface area contributed by atoms with Gasteiger partial charge >= 0.3 is 0 Å². The minimum Gasteiger partial charge on any atom is -0.295 e. The Kier molecular flexibility index (Phi) is 4.31. The monoisotopic (exact) mass is 256 g/mol. The second kappa shape index (κ2) is 5.96. The van der Waals surface area contributed by atoms with Crippen molar-refractivity contribution in [3.05, 3.63) is 49.6 Å². The van der Waals surface area contributed by atoms with Crippen molar-refractivity contribution in [2.75, 3.05) is 0 Å². The molecule has 100 valence electrons. The lowest BCUT2D eigenvalue weighted by molar-refractivity contribution is -0.131. The van der Waals surface area contributed by atoms with Gasteiger partial charge in [0.2, 0.25) is 0 Å². The molecular weight excluding hydrogens is 236 g/mol. The summed E-state index contributed by atoms with van der Waals surface area (Å²) in [4.78, 5) is 24.5. The van der Waals surface area contributed by atoms with Gasteiger partial charge in [-0.25, -0.2) is 0 Å². The van der Waals surface area contributed by atoms with Crippen molar-refractivity contribution < 1.29 is 9.59 Å². The topological polar surface area (TPSA) is 34.1 Å². The van der Waals surface area contributed by atoms with Crippen molar-refractivity contribution in [3.63, 3.8) is 0 Å². The van der Waals surface area contributed by atoms with E-state index in [-0.39, 0.29) is 35.2 Å². The van der Waals surface area contributed by atoms with Crippen LogP contribution in [0.2, 0.25) is 0 Å². The Morgan fingerprint density at radius 3 is 2.32 bits per heavy atom. The van der Waals surface area contributed by atoms with E-state index in [1.54, 1.807) is 12.2 Å². The minimum absolute atomic E-state index is 0.0684. The van der Waals surface area contributed by atoms with Crippen LogP contribution in [0.1, 0.15) is 19.3 Å². The number of allylic oxidation sites excluding steroid dienone is 6. The number of hydrogen-bond donors (Lipinski definition) is 0. The molecule has 0 aromatic carbocycles. The van der Waals surface area contributed by atoms with E-state index in [9.17, 15) is 9.59 Å². The highest BCUT2D eigenvalue weighted by molar-refractivity contribution is 6.00. The number of hydrogen-bond acceptors (Lipinski definition) is 2. The summed E-state index contributed by atoms with van der Waals surface area (Å²) in [6.45, 7) is 7.59. The predicted molar refractivity (Wildman–Crippen MR) is 76.5 cm³/mol. The molecule has 0 aliphatic heterocycles. The van der Waals surface area contributed by atoms with Gasteiger partial charge in [-0.3, -0.25) is 9.59 Å². The smallest absolute Gasteiger partial charge is 0.159 e. The lowest BCUT2D eigenvalue weighted by Gasteiger charge is -2.36. The van der Waals surface area contributed by atoms with E-state index in [4.69, 9.17) is 0 Å². The van der Waals surface area contributed by atoms with Gasteiger partial charge in [0, 0.05) is 11.8 Å². The first-order chi connectivity index (χ1) is 9.19. The van der Waals surface area contributed by atoms with E-state index in [2.05, 4.69) is 13.2 Å². The van der Waals surface area contributed by atoms with E-state index < -0.39 is 0 Å². The molecule has 0 amide bonds. The van der Waals surface area contributed by atoms with Crippen molar-refractivity contribution in [2.45, 2.75) is 19.3 Å². The van der Waals surface area contributed by atoms with E-state index in [1.165, 1.54) is 0 Å². The van der Waals surface area contributed by atoms with Crippen LogP contribution < -0.4 is 0 Å². The molecule has 4 atom stereocenters. The molecule has 0 aromatic rings. The first-order valence-electron chi connectivity index (χ1n) is 6.83. The molecule has 2 aliphatic carbocycles. The number of ketones is 2. The van der Waals surface area contributed by atoms with Gasteiger partial charge < -0.3 is 0 Å². The van der Waals surface area contributed by atoms with Gasteiger partial charge in [0.25, 0.3) is 0 Å². The third-order valence-electron chi connectivity index (χ3n) is 4.20. The Bertz CT molecular complexity index is 456. The molecule has 0 fully saturated rings. The van der Waals surface area contributed by atoms with Gasteiger partial charge in [0.15, 0.2) is 11.6 Å². The molecule has 0 heterocycles.